The summed E-state index contributed by atoms with van der Waals surface area (Å²) in [5, 5.41) is 16.8. The zero-order valence-corrected chi connectivity index (χ0v) is 8.55. The number of hydrogen-bond donors (Lipinski definition) is 1. The predicted molar refractivity (Wildman–Crippen MR) is 54.2 cm³/mol. The van der Waals surface area contributed by atoms with Crippen LogP contribution < -0.4 is 0 Å². The van der Waals surface area contributed by atoms with Crippen molar-refractivity contribution in [3.8, 4) is 11.3 Å². The maximum Gasteiger partial charge on any atom is 0.139 e. The zero-order chi connectivity index (χ0) is 10.7. The van der Waals surface area contributed by atoms with E-state index >= 15 is 0 Å². The second kappa shape index (κ2) is 4.27. The highest BCUT2D eigenvalue weighted by Gasteiger charge is 2.07. The van der Waals surface area contributed by atoms with Crippen molar-refractivity contribution in [1.82, 2.24) is 14.9 Å². The Morgan fingerprint density at radius 1 is 1.53 bits per heavy atom. The number of rotatable bonds is 4. The molecule has 2 aromatic heterocycles. The van der Waals surface area contributed by atoms with Crippen LogP contribution in [0.2, 0.25) is 0 Å². The lowest BCUT2D eigenvalue weighted by atomic mass is 10.2. The van der Waals surface area contributed by atoms with Gasteiger partial charge in [0.2, 0.25) is 0 Å². The summed E-state index contributed by atoms with van der Waals surface area (Å²) in [6.07, 6.45) is 4.17. The Kier molecular flexibility index (Phi) is 2.82. The van der Waals surface area contributed by atoms with Gasteiger partial charge in [-0.3, -0.25) is 4.68 Å². The van der Waals surface area contributed by atoms with Gasteiger partial charge in [-0.1, -0.05) is 5.16 Å². The molecule has 0 aromatic carbocycles. The maximum absolute atomic E-state index is 8.74. The van der Waals surface area contributed by atoms with E-state index in [0.717, 1.165) is 17.8 Å². The third-order valence-corrected chi connectivity index (χ3v) is 2.17. The Morgan fingerprint density at radius 2 is 2.40 bits per heavy atom. The molecule has 0 saturated heterocycles. The summed E-state index contributed by atoms with van der Waals surface area (Å²) in [5.74, 6) is 0.691. The minimum absolute atomic E-state index is 0.0723. The summed E-state index contributed by atoms with van der Waals surface area (Å²) in [7, 11) is 0. The molecule has 0 bridgehead atoms. The maximum atomic E-state index is 8.74. The molecule has 0 aliphatic heterocycles. The molecule has 15 heavy (non-hydrogen) atoms. The van der Waals surface area contributed by atoms with Crippen molar-refractivity contribution >= 4 is 0 Å². The molecule has 5 nitrogen and oxygen atoms in total. The highest BCUT2D eigenvalue weighted by atomic mass is 16.5. The van der Waals surface area contributed by atoms with Crippen molar-refractivity contribution in [2.45, 2.75) is 19.9 Å². The van der Waals surface area contributed by atoms with Crippen LogP contribution in [-0.2, 0) is 13.0 Å². The van der Waals surface area contributed by atoms with Crippen molar-refractivity contribution in [2.75, 3.05) is 6.61 Å². The second-order valence-electron chi connectivity index (χ2n) is 3.24. The molecule has 80 valence electrons. The van der Waals surface area contributed by atoms with E-state index < -0.39 is 0 Å². The Morgan fingerprint density at radius 3 is 3.07 bits per heavy atom. The Balaban J connectivity index is 2.21. The minimum atomic E-state index is 0.0723. The van der Waals surface area contributed by atoms with Gasteiger partial charge >= 0.3 is 0 Å². The number of aryl methyl sites for hydroxylation is 1. The van der Waals surface area contributed by atoms with E-state index in [1.54, 1.807) is 6.20 Å². The van der Waals surface area contributed by atoms with Gasteiger partial charge in [0, 0.05) is 30.8 Å². The topological polar surface area (TPSA) is 64.1 Å². The highest BCUT2D eigenvalue weighted by Crippen LogP contribution is 2.18. The van der Waals surface area contributed by atoms with Crippen LogP contribution in [0.25, 0.3) is 11.3 Å². The lowest BCUT2D eigenvalue weighted by Crippen LogP contribution is -1.91. The molecule has 0 atom stereocenters. The third kappa shape index (κ3) is 2.07. The van der Waals surface area contributed by atoms with E-state index in [0.29, 0.717) is 12.2 Å². The lowest BCUT2D eigenvalue weighted by Gasteiger charge is -1.89. The molecule has 0 aliphatic rings. The summed E-state index contributed by atoms with van der Waals surface area (Å²) >= 11 is 0. The van der Waals surface area contributed by atoms with Gasteiger partial charge in [0.05, 0.1) is 12.8 Å². The van der Waals surface area contributed by atoms with Crippen LogP contribution in [0.5, 0.6) is 0 Å². The molecule has 0 radical (unpaired) electrons. The fraction of sp³-hybridized carbons (Fsp3) is 0.400. The smallest absolute Gasteiger partial charge is 0.139 e. The predicted octanol–water partition coefficient (Wildman–Crippen LogP) is 1.09. The quantitative estimate of drug-likeness (QED) is 0.815. The van der Waals surface area contributed by atoms with Crippen molar-refractivity contribution in [2.24, 2.45) is 0 Å². The third-order valence-electron chi connectivity index (χ3n) is 2.17. The lowest BCUT2D eigenvalue weighted by molar-refractivity contribution is 0.277. The van der Waals surface area contributed by atoms with Gasteiger partial charge in [0.15, 0.2) is 0 Å². The number of hydrogen-bond acceptors (Lipinski definition) is 4. The SMILES string of the molecule is CCn1cc(-c2cc(CCO)on2)cn1. The van der Waals surface area contributed by atoms with Gasteiger partial charge in [0.1, 0.15) is 11.5 Å². The Hall–Kier alpha value is -1.62. The van der Waals surface area contributed by atoms with E-state index in [1.807, 2.05) is 23.9 Å². The molecule has 2 rings (SSSR count). The van der Waals surface area contributed by atoms with Crippen LogP contribution in [0.15, 0.2) is 23.0 Å². The summed E-state index contributed by atoms with van der Waals surface area (Å²) in [4.78, 5) is 0. The monoisotopic (exact) mass is 207 g/mol. The van der Waals surface area contributed by atoms with Gasteiger partial charge in [0.25, 0.3) is 0 Å². The number of nitrogens with zero attached hydrogens (tertiary/aromatic N) is 3. The molecule has 0 amide bonds. The normalized spacial score (nSPS) is 10.8. The first kappa shape index (κ1) is 9.92. The van der Waals surface area contributed by atoms with E-state index in [1.165, 1.54) is 0 Å². The molecule has 5 heteroatoms. The van der Waals surface area contributed by atoms with E-state index in [-0.39, 0.29) is 6.61 Å². The number of aromatic nitrogens is 3. The summed E-state index contributed by atoms with van der Waals surface area (Å²) in [6, 6.07) is 1.83. The molecule has 0 fully saturated rings. The molecular weight excluding hydrogens is 194 g/mol. The molecule has 2 aromatic rings. The average molecular weight is 207 g/mol. The zero-order valence-electron chi connectivity index (χ0n) is 8.55. The van der Waals surface area contributed by atoms with Crippen LogP contribution in [0.4, 0.5) is 0 Å². The first-order valence-corrected chi connectivity index (χ1v) is 4.92. The van der Waals surface area contributed by atoms with Gasteiger partial charge in [-0.05, 0) is 6.92 Å². The van der Waals surface area contributed by atoms with Gasteiger partial charge in [-0.2, -0.15) is 5.10 Å². The molecule has 0 aliphatic carbocycles. The van der Waals surface area contributed by atoms with Crippen LogP contribution in [-0.4, -0.2) is 26.7 Å². The number of aliphatic hydroxyl groups is 1. The molecule has 0 spiro atoms. The van der Waals surface area contributed by atoms with Crippen molar-refractivity contribution in [3.05, 3.63) is 24.2 Å². The standard InChI is InChI=1S/C10H13N3O2/c1-2-13-7-8(6-11-13)10-5-9(3-4-14)15-12-10/h5-7,14H,2-4H2,1H3. The summed E-state index contributed by atoms with van der Waals surface area (Å²) < 4.78 is 6.88. The molecule has 2 heterocycles. The van der Waals surface area contributed by atoms with Crippen LogP contribution in [0.3, 0.4) is 0 Å². The van der Waals surface area contributed by atoms with Crippen LogP contribution >= 0.6 is 0 Å². The van der Waals surface area contributed by atoms with Gasteiger partial charge in [-0.25, -0.2) is 0 Å². The van der Waals surface area contributed by atoms with E-state index in [2.05, 4.69) is 10.3 Å². The average Bonchev–Trinajstić information content (AvgIpc) is 2.85. The second-order valence-corrected chi connectivity index (χ2v) is 3.24. The van der Waals surface area contributed by atoms with Crippen LogP contribution in [0, 0.1) is 0 Å². The molecule has 0 unspecified atom stereocenters. The van der Waals surface area contributed by atoms with Gasteiger partial charge < -0.3 is 9.63 Å². The van der Waals surface area contributed by atoms with Crippen molar-refractivity contribution in [1.29, 1.82) is 0 Å². The first-order chi connectivity index (χ1) is 7.33. The molecule has 1 N–H and O–H groups in total. The Bertz CT molecular complexity index is 433. The summed E-state index contributed by atoms with van der Waals surface area (Å²) in [6.45, 7) is 2.93. The Labute approximate surface area is 87.3 Å². The van der Waals surface area contributed by atoms with Crippen molar-refractivity contribution in [3.63, 3.8) is 0 Å². The van der Waals surface area contributed by atoms with Crippen molar-refractivity contribution < 1.29 is 9.63 Å². The highest BCUT2D eigenvalue weighted by molar-refractivity contribution is 5.56. The largest absolute Gasteiger partial charge is 0.396 e. The number of aliphatic hydroxyl groups excluding tert-OH is 1. The first-order valence-electron chi connectivity index (χ1n) is 4.92. The minimum Gasteiger partial charge on any atom is -0.396 e. The van der Waals surface area contributed by atoms with E-state index in [4.69, 9.17) is 9.63 Å². The fourth-order valence-corrected chi connectivity index (χ4v) is 1.35. The van der Waals surface area contributed by atoms with Crippen LogP contribution in [0.1, 0.15) is 12.7 Å². The molecule has 0 saturated carbocycles. The fourth-order valence-electron chi connectivity index (χ4n) is 1.35. The molecular formula is C10H13N3O2. The van der Waals surface area contributed by atoms with Gasteiger partial charge in [-0.15, -0.1) is 0 Å². The van der Waals surface area contributed by atoms with E-state index in [9.17, 15) is 0 Å². The summed E-state index contributed by atoms with van der Waals surface area (Å²) in [5.41, 5.74) is 1.70.